The number of carboxylic acids is 1. The molecule has 4 rings (SSSR count). The van der Waals surface area contributed by atoms with Crippen LogP contribution in [-0.2, 0) is 11.2 Å². The number of ether oxygens (including phenoxy) is 2. The molecule has 0 aromatic heterocycles. The van der Waals surface area contributed by atoms with E-state index in [4.69, 9.17) is 21.1 Å². The predicted molar refractivity (Wildman–Crippen MR) is 118 cm³/mol. The Morgan fingerprint density at radius 1 is 0.867 bits per heavy atom. The fraction of sp³-hybridized carbons (Fsp3) is 0.0800. The lowest BCUT2D eigenvalue weighted by Crippen LogP contribution is -2.29. The minimum absolute atomic E-state index is 0.0985. The first-order valence-corrected chi connectivity index (χ1v) is 9.86. The van der Waals surface area contributed by atoms with Gasteiger partial charge in [-0.15, -0.1) is 0 Å². The number of carboxylic acid groups (broad SMARTS) is 1. The SMILES string of the molecule is O=C(O)[C@H](Cc1cc(Cl)ccc1Oc1ccccc1)Oc1cccc2ccccc12. The third-order valence-corrected chi connectivity index (χ3v) is 4.93. The largest absolute Gasteiger partial charge is 0.478 e. The van der Waals surface area contributed by atoms with Crippen LogP contribution in [0, 0.1) is 0 Å². The van der Waals surface area contributed by atoms with Crippen LogP contribution in [0.5, 0.6) is 17.2 Å². The lowest BCUT2D eigenvalue weighted by Gasteiger charge is -2.19. The van der Waals surface area contributed by atoms with Crippen molar-refractivity contribution in [3.8, 4) is 17.2 Å². The van der Waals surface area contributed by atoms with Crippen molar-refractivity contribution in [1.29, 1.82) is 0 Å². The molecule has 1 N–H and O–H groups in total. The van der Waals surface area contributed by atoms with Crippen LogP contribution in [0.2, 0.25) is 5.02 Å². The van der Waals surface area contributed by atoms with Crippen LogP contribution in [0.3, 0.4) is 0 Å². The Morgan fingerprint density at radius 3 is 2.40 bits per heavy atom. The van der Waals surface area contributed by atoms with Gasteiger partial charge < -0.3 is 14.6 Å². The summed E-state index contributed by atoms with van der Waals surface area (Å²) < 4.78 is 11.9. The number of para-hydroxylation sites is 1. The van der Waals surface area contributed by atoms with Gasteiger partial charge in [0, 0.05) is 22.4 Å². The first-order valence-electron chi connectivity index (χ1n) is 9.49. The van der Waals surface area contributed by atoms with Gasteiger partial charge in [-0.1, -0.05) is 66.2 Å². The number of benzene rings is 4. The van der Waals surface area contributed by atoms with Gasteiger partial charge in [-0.3, -0.25) is 0 Å². The smallest absolute Gasteiger partial charge is 0.345 e. The molecule has 5 heteroatoms. The maximum Gasteiger partial charge on any atom is 0.345 e. The van der Waals surface area contributed by atoms with E-state index in [9.17, 15) is 9.90 Å². The van der Waals surface area contributed by atoms with Crippen LogP contribution < -0.4 is 9.47 Å². The summed E-state index contributed by atoms with van der Waals surface area (Å²) in [5.74, 6) is 0.655. The van der Waals surface area contributed by atoms with E-state index in [-0.39, 0.29) is 6.42 Å². The molecule has 0 radical (unpaired) electrons. The van der Waals surface area contributed by atoms with Gasteiger partial charge >= 0.3 is 5.97 Å². The molecule has 4 aromatic rings. The summed E-state index contributed by atoms with van der Waals surface area (Å²) in [4.78, 5) is 12.0. The number of fused-ring (bicyclic) bond motifs is 1. The Bertz CT molecular complexity index is 1170. The van der Waals surface area contributed by atoms with E-state index in [1.807, 2.05) is 66.7 Å². The Hall–Kier alpha value is -3.50. The zero-order chi connectivity index (χ0) is 20.9. The Morgan fingerprint density at radius 2 is 1.60 bits per heavy atom. The highest BCUT2D eigenvalue weighted by Gasteiger charge is 2.23. The molecule has 0 spiro atoms. The average Bonchev–Trinajstić information content (AvgIpc) is 2.76. The van der Waals surface area contributed by atoms with Crippen LogP contribution in [0.15, 0.2) is 91.0 Å². The molecular formula is C25H19ClO4. The quantitative estimate of drug-likeness (QED) is 0.379. The summed E-state index contributed by atoms with van der Waals surface area (Å²) in [5.41, 5.74) is 0.652. The van der Waals surface area contributed by atoms with Crippen molar-refractivity contribution in [2.75, 3.05) is 0 Å². The van der Waals surface area contributed by atoms with E-state index in [0.29, 0.717) is 27.8 Å². The number of halogens is 1. The van der Waals surface area contributed by atoms with Gasteiger partial charge in [0.1, 0.15) is 17.2 Å². The maximum absolute atomic E-state index is 12.0. The molecule has 0 saturated heterocycles. The summed E-state index contributed by atoms with van der Waals surface area (Å²) in [5, 5.41) is 12.2. The van der Waals surface area contributed by atoms with E-state index in [1.165, 1.54) is 0 Å². The third-order valence-electron chi connectivity index (χ3n) is 4.69. The number of hydrogen-bond donors (Lipinski definition) is 1. The number of hydrogen-bond acceptors (Lipinski definition) is 3. The average molecular weight is 419 g/mol. The fourth-order valence-electron chi connectivity index (χ4n) is 3.25. The lowest BCUT2D eigenvalue weighted by atomic mass is 10.1. The summed E-state index contributed by atoms with van der Waals surface area (Å²) in [6.45, 7) is 0. The van der Waals surface area contributed by atoms with Crippen molar-refractivity contribution >= 4 is 28.3 Å². The molecule has 4 nitrogen and oxygen atoms in total. The molecular weight excluding hydrogens is 400 g/mol. The second kappa shape index (κ2) is 8.89. The molecule has 0 saturated carbocycles. The summed E-state index contributed by atoms with van der Waals surface area (Å²) >= 11 is 6.18. The van der Waals surface area contributed by atoms with Crippen LogP contribution in [0.1, 0.15) is 5.56 Å². The van der Waals surface area contributed by atoms with Crippen LogP contribution in [0.25, 0.3) is 10.8 Å². The molecule has 0 aliphatic rings. The van der Waals surface area contributed by atoms with Gasteiger partial charge in [-0.05, 0) is 41.8 Å². The van der Waals surface area contributed by atoms with E-state index < -0.39 is 12.1 Å². The molecule has 0 bridgehead atoms. The first kappa shape index (κ1) is 19.8. The molecule has 0 unspecified atom stereocenters. The highest BCUT2D eigenvalue weighted by Crippen LogP contribution is 2.31. The predicted octanol–water partition coefficient (Wildman–Crippen LogP) is 6.36. The molecule has 0 fully saturated rings. The normalized spacial score (nSPS) is 11.8. The highest BCUT2D eigenvalue weighted by molar-refractivity contribution is 6.30. The van der Waals surface area contributed by atoms with Crippen molar-refractivity contribution in [3.63, 3.8) is 0 Å². The molecule has 0 aliphatic carbocycles. The minimum Gasteiger partial charge on any atom is -0.478 e. The monoisotopic (exact) mass is 418 g/mol. The zero-order valence-corrected chi connectivity index (χ0v) is 16.8. The van der Waals surface area contributed by atoms with Gasteiger partial charge in [0.25, 0.3) is 0 Å². The standard InChI is InChI=1S/C25H19ClO4/c26-19-13-14-22(29-20-9-2-1-3-10-20)18(15-19)16-24(25(27)28)30-23-12-6-8-17-7-4-5-11-21(17)23/h1-15,24H,16H2,(H,27,28)/t24-/m0/s1. The van der Waals surface area contributed by atoms with Gasteiger partial charge in [-0.25, -0.2) is 4.79 Å². The maximum atomic E-state index is 12.0. The third kappa shape index (κ3) is 4.56. The topological polar surface area (TPSA) is 55.8 Å². The van der Waals surface area contributed by atoms with Gasteiger partial charge in [-0.2, -0.15) is 0 Å². The fourth-order valence-corrected chi connectivity index (χ4v) is 3.45. The summed E-state index contributed by atoms with van der Waals surface area (Å²) in [6, 6.07) is 27.7. The van der Waals surface area contributed by atoms with Gasteiger partial charge in [0.2, 0.25) is 0 Å². The molecule has 1 atom stereocenters. The first-order chi connectivity index (χ1) is 14.6. The van der Waals surface area contributed by atoms with E-state index >= 15 is 0 Å². The molecule has 0 aliphatic heterocycles. The Balaban J connectivity index is 1.63. The molecule has 0 heterocycles. The van der Waals surface area contributed by atoms with Crippen LogP contribution in [-0.4, -0.2) is 17.2 Å². The van der Waals surface area contributed by atoms with E-state index in [0.717, 1.165) is 10.8 Å². The molecule has 150 valence electrons. The van der Waals surface area contributed by atoms with Gasteiger partial charge in [0.15, 0.2) is 6.10 Å². The summed E-state index contributed by atoms with van der Waals surface area (Å²) in [7, 11) is 0. The lowest BCUT2D eigenvalue weighted by molar-refractivity contribution is -0.144. The highest BCUT2D eigenvalue weighted by atomic mass is 35.5. The molecule has 0 amide bonds. The van der Waals surface area contributed by atoms with Crippen LogP contribution >= 0.6 is 11.6 Å². The second-order valence-electron chi connectivity index (χ2n) is 6.79. The van der Waals surface area contributed by atoms with Crippen molar-refractivity contribution in [3.05, 3.63) is 102 Å². The summed E-state index contributed by atoms with van der Waals surface area (Å²) in [6.07, 6.45) is -1.01. The Kier molecular flexibility index (Phi) is 5.87. The number of rotatable bonds is 7. The second-order valence-corrected chi connectivity index (χ2v) is 7.23. The zero-order valence-electron chi connectivity index (χ0n) is 16.0. The van der Waals surface area contributed by atoms with Crippen molar-refractivity contribution in [2.45, 2.75) is 12.5 Å². The Labute approximate surface area is 179 Å². The van der Waals surface area contributed by atoms with E-state index in [2.05, 4.69) is 0 Å². The minimum atomic E-state index is -1.10. The number of aliphatic carboxylic acids is 1. The van der Waals surface area contributed by atoms with Crippen molar-refractivity contribution < 1.29 is 19.4 Å². The molecule has 4 aromatic carbocycles. The number of carbonyl (C=O) groups is 1. The van der Waals surface area contributed by atoms with E-state index in [1.54, 1.807) is 24.3 Å². The molecule has 30 heavy (non-hydrogen) atoms. The van der Waals surface area contributed by atoms with Gasteiger partial charge in [0.05, 0.1) is 0 Å². The van der Waals surface area contributed by atoms with Crippen molar-refractivity contribution in [1.82, 2.24) is 0 Å². The van der Waals surface area contributed by atoms with Crippen LogP contribution in [0.4, 0.5) is 0 Å². The van der Waals surface area contributed by atoms with Crippen molar-refractivity contribution in [2.24, 2.45) is 0 Å².